The number of esters is 1. The number of ether oxygens (including phenoxy) is 2. The molecule has 120 valence electrons. The molecule has 21 heavy (non-hydrogen) atoms. The largest absolute Gasteiger partial charge is 0.431 e. The summed E-state index contributed by atoms with van der Waals surface area (Å²) in [6.45, 7) is 3.43. The van der Waals surface area contributed by atoms with E-state index in [1.54, 1.807) is 7.11 Å². The van der Waals surface area contributed by atoms with Crippen LogP contribution in [-0.2, 0) is 14.3 Å². The number of carbonyl (C=O) groups excluding carboxylic acids is 1. The van der Waals surface area contributed by atoms with Crippen molar-refractivity contribution in [2.24, 2.45) is 29.1 Å². The topological polar surface area (TPSA) is 55.8 Å². The van der Waals surface area contributed by atoms with Gasteiger partial charge in [0.05, 0.1) is 0 Å². The fourth-order valence-electron chi connectivity index (χ4n) is 5.83. The minimum Gasteiger partial charge on any atom is -0.431 e. The van der Waals surface area contributed by atoms with Crippen LogP contribution in [-0.4, -0.2) is 30.6 Å². The van der Waals surface area contributed by atoms with E-state index < -0.39 is 18.4 Å². The van der Waals surface area contributed by atoms with Crippen LogP contribution in [0.15, 0.2) is 0 Å². The molecule has 0 heterocycles. The molecule has 2 atom stereocenters. The second kappa shape index (κ2) is 5.24. The summed E-state index contributed by atoms with van der Waals surface area (Å²) in [5.41, 5.74) is 0.245. The van der Waals surface area contributed by atoms with E-state index in [4.69, 9.17) is 14.6 Å². The number of rotatable bonds is 5. The Balaban J connectivity index is 1.82. The van der Waals surface area contributed by atoms with Crippen LogP contribution in [0.1, 0.15) is 52.4 Å². The zero-order valence-corrected chi connectivity index (χ0v) is 13.4. The Morgan fingerprint density at radius 3 is 2.10 bits per heavy atom. The summed E-state index contributed by atoms with van der Waals surface area (Å²) in [6.07, 6.45) is 7.92. The van der Waals surface area contributed by atoms with Gasteiger partial charge in [-0.1, -0.05) is 6.92 Å². The lowest BCUT2D eigenvalue weighted by atomic mass is 9.46. The molecule has 2 unspecified atom stereocenters. The van der Waals surface area contributed by atoms with Crippen LogP contribution in [0.5, 0.6) is 0 Å². The normalized spacial score (nSPS) is 41.6. The van der Waals surface area contributed by atoms with E-state index in [1.165, 1.54) is 38.5 Å². The van der Waals surface area contributed by atoms with Crippen LogP contribution in [0.25, 0.3) is 0 Å². The van der Waals surface area contributed by atoms with E-state index in [1.807, 2.05) is 6.92 Å². The average Bonchev–Trinajstić information content (AvgIpc) is 2.44. The molecule has 4 aliphatic carbocycles. The molecule has 4 saturated carbocycles. The lowest BCUT2D eigenvalue weighted by molar-refractivity contribution is -0.266. The first-order chi connectivity index (χ1) is 9.90. The zero-order chi connectivity index (χ0) is 15.3. The van der Waals surface area contributed by atoms with Crippen molar-refractivity contribution in [1.82, 2.24) is 0 Å². The van der Waals surface area contributed by atoms with Gasteiger partial charge < -0.3 is 14.6 Å². The molecule has 0 saturated heterocycles. The molecule has 0 amide bonds. The Labute approximate surface area is 127 Å². The minimum absolute atomic E-state index is 0.152. The molecule has 0 aromatic rings. The summed E-state index contributed by atoms with van der Waals surface area (Å²) in [4.78, 5) is 11.6. The molecule has 4 heteroatoms. The molecule has 4 bridgehead atoms. The summed E-state index contributed by atoms with van der Waals surface area (Å²) in [5.74, 6) is 1.18. The van der Waals surface area contributed by atoms with Crippen molar-refractivity contribution in [2.75, 3.05) is 13.7 Å². The van der Waals surface area contributed by atoms with Crippen LogP contribution < -0.4 is 0 Å². The molecule has 0 radical (unpaired) electrons. The Morgan fingerprint density at radius 1 is 1.24 bits per heavy atom. The lowest BCUT2D eigenvalue weighted by Gasteiger charge is -2.60. The van der Waals surface area contributed by atoms with Crippen LogP contribution >= 0.6 is 0 Å². The number of carbonyl (C=O) groups is 1. The van der Waals surface area contributed by atoms with E-state index in [2.05, 4.69) is 6.92 Å². The smallest absolute Gasteiger partial charge is 0.334 e. The van der Waals surface area contributed by atoms with Crippen molar-refractivity contribution >= 4 is 5.97 Å². The van der Waals surface area contributed by atoms with Gasteiger partial charge in [0.2, 0.25) is 5.79 Å². The molecule has 0 aliphatic heterocycles. The maximum Gasteiger partial charge on any atom is 0.334 e. The van der Waals surface area contributed by atoms with Gasteiger partial charge >= 0.3 is 5.97 Å². The van der Waals surface area contributed by atoms with Crippen molar-refractivity contribution in [1.29, 1.82) is 0 Å². The fraction of sp³-hybridized carbons (Fsp3) is 0.941. The monoisotopic (exact) mass is 296 g/mol. The fourth-order valence-corrected chi connectivity index (χ4v) is 5.83. The molecule has 4 nitrogen and oxygen atoms in total. The third kappa shape index (κ3) is 2.50. The van der Waals surface area contributed by atoms with Gasteiger partial charge in [-0.05, 0) is 61.7 Å². The molecule has 1 N–H and O–H groups in total. The van der Waals surface area contributed by atoms with Crippen molar-refractivity contribution in [3.63, 3.8) is 0 Å². The van der Waals surface area contributed by atoms with E-state index in [-0.39, 0.29) is 11.3 Å². The minimum atomic E-state index is -0.939. The Kier molecular flexibility index (Phi) is 3.81. The van der Waals surface area contributed by atoms with Crippen LogP contribution in [0.2, 0.25) is 0 Å². The summed E-state index contributed by atoms with van der Waals surface area (Å²) < 4.78 is 11.1. The van der Waals surface area contributed by atoms with E-state index >= 15 is 0 Å². The number of aliphatic hydroxyl groups is 1. The highest BCUT2D eigenvalue weighted by atomic mass is 16.7. The first-order valence-electron chi connectivity index (χ1n) is 8.28. The third-order valence-corrected chi connectivity index (χ3v) is 6.64. The molecule has 4 aliphatic rings. The number of hydrogen-bond donors (Lipinski definition) is 1. The average molecular weight is 296 g/mol. The maximum absolute atomic E-state index is 11.6. The Hall–Kier alpha value is -0.610. The van der Waals surface area contributed by atoms with Gasteiger partial charge in [0.25, 0.3) is 0 Å². The first kappa shape index (κ1) is 15.3. The molecule has 0 aromatic carbocycles. The van der Waals surface area contributed by atoms with Crippen molar-refractivity contribution in [2.45, 2.75) is 58.2 Å². The standard InChI is InChI=1S/C17H28O4/c1-11(16(2,20-3)21-15(19)10-18)17-7-12-4-13(8-17)6-14(5-12)9-17/h11-14,18H,4-10H2,1-3H3. The van der Waals surface area contributed by atoms with Crippen LogP contribution in [0.4, 0.5) is 0 Å². The summed E-state index contributed by atoms with van der Waals surface area (Å²) in [6, 6.07) is 0. The highest BCUT2D eigenvalue weighted by Gasteiger charge is 2.57. The Bertz CT molecular complexity index is 384. The molecule has 4 rings (SSSR count). The van der Waals surface area contributed by atoms with Gasteiger partial charge in [-0.15, -0.1) is 0 Å². The Morgan fingerprint density at radius 2 is 1.71 bits per heavy atom. The van der Waals surface area contributed by atoms with Gasteiger partial charge in [-0.3, -0.25) is 0 Å². The van der Waals surface area contributed by atoms with Crippen LogP contribution in [0.3, 0.4) is 0 Å². The predicted molar refractivity (Wildman–Crippen MR) is 78.4 cm³/mol. The van der Waals surface area contributed by atoms with Gasteiger partial charge in [-0.25, -0.2) is 4.79 Å². The molecular weight excluding hydrogens is 268 g/mol. The molecule has 0 spiro atoms. The summed E-state index contributed by atoms with van der Waals surface area (Å²) in [7, 11) is 1.60. The number of methoxy groups -OCH3 is 1. The molecular formula is C17H28O4. The van der Waals surface area contributed by atoms with Crippen molar-refractivity contribution in [3.8, 4) is 0 Å². The third-order valence-electron chi connectivity index (χ3n) is 6.64. The number of aliphatic hydroxyl groups excluding tert-OH is 1. The summed E-state index contributed by atoms with van der Waals surface area (Å²) >= 11 is 0. The van der Waals surface area contributed by atoms with E-state index in [0.29, 0.717) is 0 Å². The SMILES string of the molecule is COC(C)(OC(=O)CO)C(C)C12CC3CC(CC(C3)C1)C2. The van der Waals surface area contributed by atoms with Gasteiger partial charge in [0.15, 0.2) is 0 Å². The number of hydrogen-bond acceptors (Lipinski definition) is 4. The van der Waals surface area contributed by atoms with Crippen molar-refractivity contribution in [3.05, 3.63) is 0 Å². The molecule has 0 aromatic heterocycles. The second-order valence-electron chi connectivity index (χ2n) is 7.85. The first-order valence-corrected chi connectivity index (χ1v) is 8.28. The quantitative estimate of drug-likeness (QED) is 0.626. The lowest BCUT2D eigenvalue weighted by Crippen LogP contribution is -2.56. The summed E-state index contributed by atoms with van der Waals surface area (Å²) in [5, 5.41) is 8.98. The van der Waals surface area contributed by atoms with E-state index in [9.17, 15) is 4.79 Å². The van der Waals surface area contributed by atoms with Gasteiger partial charge in [-0.2, -0.15) is 0 Å². The van der Waals surface area contributed by atoms with E-state index in [0.717, 1.165) is 17.8 Å². The second-order valence-corrected chi connectivity index (χ2v) is 7.85. The predicted octanol–water partition coefficient (Wildman–Crippen LogP) is 2.74. The maximum atomic E-state index is 11.6. The van der Waals surface area contributed by atoms with Crippen LogP contribution in [0, 0.1) is 29.1 Å². The zero-order valence-electron chi connectivity index (χ0n) is 13.4. The highest BCUT2D eigenvalue weighted by Crippen LogP contribution is 2.64. The van der Waals surface area contributed by atoms with Gasteiger partial charge in [0, 0.05) is 20.0 Å². The van der Waals surface area contributed by atoms with Gasteiger partial charge in [0.1, 0.15) is 6.61 Å². The van der Waals surface area contributed by atoms with Crippen molar-refractivity contribution < 1.29 is 19.4 Å². The highest BCUT2D eigenvalue weighted by molar-refractivity contribution is 5.70. The molecule has 4 fully saturated rings.